The van der Waals surface area contributed by atoms with Crippen LogP contribution in [0.15, 0.2) is 53.0 Å². The highest BCUT2D eigenvalue weighted by molar-refractivity contribution is 9.10. The van der Waals surface area contributed by atoms with Crippen molar-refractivity contribution >= 4 is 15.9 Å². The smallest absolute Gasteiger partial charge is 0.119 e. The van der Waals surface area contributed by atoms with Gasteiger partial charge in [-0.3, -0.25) is 0 Å². The molecule has 0 bridgehead atoms. The summed E-state index contributed by atoms with van der Waals surface area (Å²) in [6, 6.07) is 16.5. The summed E-state index contributed by atoms with van der Waals surface area (Å²) < 4.78 is 6.83. The summed E-state index contributed by atoms with van der Waals surface area (Å²) in [4.78, 5) is 0. The summed E-state index contributed by atoms with van der Waals surface area (Å²) in [5.74, 6) is 0.886. The molecule has 3 heteroatoms. The average molecular weight is 320 g/mol. The van der Waals surface area contributed by atoms with Gasteiger partial charge in [-0.15, -0.1) is 0 Å². The highest BCUT2D eigenvalue weighted by Gasteiger charge is 2.00. The molecule has 2 rings (SSSR count). The van der Waals surface area contributed by atoms with Crippen LogP contribution in [-0.4, -0.2) is 6.04 Å². The second-order valence-electron chi connectivity index (χ2n) is 4.74. The Kier molecular flexibility index (Phi) is 5.00. The van der Waals surface area contributed by atoms with Crippen LogP contribution in [0.5, 0.6) is 5.75 Å². The molecule has 0 amide bonds. The zero-order valence-electron chi connectivity index (χ0n) is 11.0. The fourth-order valence-corrected chi connectivity index (χ4v) is 2.11. The topological polar surface area (TPSA) is 35.2 Å². The normalized spacial score (nSPS) is 12.2. The molecule has 0 radical (unpaired) electrons. The van der Waals surface area contributed by atoms with E-state index >= 15 is 0 Å². The summed E-state index contributed by atoms with van der Waals surface area (Å²) in [6.07, 6.45) is 0.896. The Bertz CT molecular complexity index is 505. The standard InChI is InChI=1S/C16H18BrNO/c1-12(18)10-13-4-8-16(9-5-13)19-11-14-2-6-15(17)7-3-14/h2-9,12H,10-11,18H2,1H3. The van der Waals surface area contributed by atoms with Crippen molar-refractivity contribution in [2.24, 2.45) is 5.73 Å². The monoisotopic (exact) mass is 319 g/mol. The van der Waals surface area contributed by atoms with E-state index in [9.17, 15) is 0 Å². The largest absolute Gasteiger partial charge is 0.489 e. The number of ether oxygens (including phenoxy) is 1. The van der Waals surface area contributed by atoms with Gasteiger partial charge >= 0.3 is 0 Å². The lowest BCUT2D eigenvalue weighted by Crippen LogP contribution is -2.17. The molecule has 0 spiro atoms. The van der Waals surface area contributed by atoms with Crippen LogP contribution in [0.3, 0.4) is 0 Å². The number of nitrogens with two attached hydrogens (primary N) is 1. The molecule has 0 aliphatic heterocycles. The van der Waals surface area contributed by atoms with Crippen LogP contribution in [0, 0.1) is 0 Å². The van der Waals surface area contributed by atoms with Crippen molar-refractivity contribution in [3.63, 3.8) is 0 Å². The quantitative estimate of drug-likeness (QED) is 0.906. The SMILES string of the molecule is CC(N)Cc1ccc(OCc2ccc(Br)cc2)cc1. The van der Waals surface area contributed by atoms with Gasteiger partial charge in [0, 0.05) is 10.5 Å². The van der Waals surface area contributed by atoms with Gasteiger partial charge in [-0.25, -0.2) is 0 Å². The summed E-state index contributed by atoms with van der Waals surface area (Å²) >= 11 is 3.42. The van der Waals surface area contributed by atoms with Gasteiger partial charge in [0.15, 0.2) is 0 Å². The third kappa shape index (κ3) is 4.69. The lowest BCUT2D eigenvalue weighted by atomic mass is 10.1. The van der Waals surface area contributed by atoms with Gasteiger partial charge in [0.2, 0.25) is 0 Å². The first-order chi connectivity index (χ1) is 9.13. The maximum atomic E-state index is 5.77. The summed E-state index contributed by atoms with van der Waals surface area (Å²) in [7, 11) is 0. The minimum absolute atomic E-state index is 0.189. The maximum Gasteiger partial charge on any atom is 0.119 e. The molecule has 0 saturated carbocycles. The minimum atomic E-state index is 0.189. The Morgan fingerprint density at radius 2 is 1.58 bits per heavy atom. The molecule has 0 fully saturated rings. The number of hydrogen-bond donors (Lipinski definition) is 1. The molecule has 1 unspecified atom stereocenters. The van der Waals surface area contributed by atoms with E-state index in [0.717, 1.165) is 22.2 Å². The van der Waals surface area contributed by atoms with Crippen molar-refractivity contribution in [2.45, 2.75) is 26.0 Å². The van der Waals surface area contributed by atoms with Crippen LogP contribution in [0.2, 0.25) is 0 Å². The predicted octanol–water partition coefficient (Wildman–Crippen LogP) is 3.92. The Hall–Kier alpha value is -1.32. The van der Waals surface area contributed by atoms with Crippen LogP contribution in [-0.2, 0) is 13.0 Å². The van der Waals surface area contributed by atoms with Gasteiger partial charge in [0.25, 0.3) is 0 Å². The van der Waals surface area contributed by atoms with E-state index in [1.807, 2.05) is 31.2 Å². The Labute approximate surface area is 122 Å². The third-order valence-corrected chi connectivity index (χ3v) is 3.33. The fourth-order valence-electron chi connectivity index (χ4n) is 1.84. The first-order valence-electron chi connectivity index (χ1n) is 6.35. The van der Waals surface area contributed by atoms with E-state index in [1.54, 1.807) is 0 Å². The molecule has 2 N–H and O–H groups in total. The number of rotatable bonds is 5. The van der Waals surface area contributed by atoms with Crippen LogP contribution in [0.25, 0.3) is 0 Å². The van der Waals surface area contributed by atoms with Crippen molar-refractivity contribution < 1.29 is 4.74 Å². The van der Waals surface area contributed by atoms with E-state index in [1.165, 1.54) is 5.56 Å². The zero-order valence-corrected chi connectivity index (χ0v) is 12.6. The number of benzene rings is 2. The van der Waals surface area contributed by atoms with E-state index < -0.39 is 0 Å². The molecular formula is C16H18BrNO. The van der Waals surface area contributed by atoms with E-state index in [4.69, 9.17) is 10.5 Å². The molecular weight excluding hydrogens is 302 g/mol. The minimum Gasteiger partial charge on any atom is -0.489 e. The lowest BCUT2D eigenvalue weighted by Gasteiger charge is -2.08. The van der Waals surface area contributed by atoms with Crippen LogP contribution >= 0.6 is 15.9 Å². The van der Waals surface area contributed by atoms with Gasteiger partial charge in [-0.05, 0) is 48.7 Å². The zero-order chi connectivity index (χ0) is 13.7. The predicted molar refractivity (Wildman–Crippen MR) is 82.3 cm³/mol. The third-order valence-electron chi connectivity index (χ3n) is 2.80. The van der Waals surface area contributed by atoms with Gasteiger partial charge in [-0.1, -0.05) is 40.2 Å². The second kappa shape index (κ2) is 6.73. The average Bonchev–Trinajstić information content (AvgIpc) is 2.39. The van der Waals surface area contributed by atoms with Crippen LogP contribution in [0.4, 0.5) is 0 Å². The van der Waals surface area contributed by atoms with Gasteiger partial charge < -0.3 is 10.5 Å². The second-order valence-corrected chi connectivity index (χ2v) is 5.66. The van der Waals surface area contributed by atoms with Crippen molar-refractivity contribution in [1.82, 2.24) is 0 Å². The molecule has 2 aromatic rings. The summed E-state index contributed by atoms with van der Waals surface area (Å²) in [6.45, 7) is 2.60. The molecule has 1 atom stereocenters. The summed E-state index contributed by atoms with van der Waals surface area (Å²) in [5.41, 5.74) is 8.17. The van der Waals surface area contributed by atoms with Crippen molar-refractivity contribution in [2.75, 3.05) is 0 Å². The number of halogens is 1. The Balaban J connectivity index is 1.91. The Morgan fingerprint density at radius 3 is 2.16 bits per heavy atom. The van der Waals surface area contributed by atoms with E-state index in [-0.39, 0.29) is 6.04 Å². The van der Waals surface area contributed by atoms with Gasteiger partial charge in [0.05, 0.1) is 0 Å². The van der Waals surface area contributed by atoms with Crippen LogP contribution < -0.4 is 10.5 Å². The highest BCUT2D eigenvalue weighted by atomic mass is 79.9. The lowest BCUT2D eigenvalue weighted by molar-refractivity contribution is 0.306. The fraction of sp³-hybridized carbons (Fsp3) is 0.250. The van der Waals surface area contributed by atoms with Crippen LogP contribution in [0.1, 0.15) is 18.1 Å². The molecule has 2 aromatic carbocycles. The number of hydrogen-bond acceptors (Lipinski definition) is 2. The molecule has 0 aromatic heterocycles. The first kappa shape index (κ1) is 14.1. The molecule has 0 aliphatic rings. The maximum absolute atomic E-state index is 5.77. The van der Waals surface area contributed by atoms with Crippen molar-refractivity contribution in [3.8, 4) is 5.75 Å². The molecule has 0 saturated heterocycles. The Morgan fingerprint density at radius 1 is 1.00 bits per heavy atom. The van der Waals surface area contributed by atoms with Gasteiger partial charge in [-0.2, -0.15) is 0 Å². The summed E-state index contributed by atoms with van der Waals surface area (Å²) in [5, 5.41) is 0. The van der Waals surface area contributed by atoms with Gasteiger partial charge in [0.1, 0.15) is 12.4 Å². The molecule has 19 heavy (non-hydrogen) atoms. The highest BCUT2D eigenvalue weighted by Crippen LogP contribution is 2.16. The molecule has 2 nitrogen and oxygen atoms in total. The van der Waals surface area contributed by atoms with Crippen molar-refractivity contribution in [1.29, 1.82) is 0 Å². The van der Waals surface area contributed by atoms with Crippen molar-refractivity contribution in [3.05, 3.63) is 64.1 Å². The first-order valence-corrected chi connectivity index (χ1v) is 7.14. The molecule has 0 aliphatic carbocycles. The molecule has 100 valence electrons. The van der Waals surface area contributed by atoms with E-state index in [2.05, 4.69) is 40.2 Å². The molecule has 0 heterocycles. The van der Waals surface area contributed by atoms with E-state index in [0.29, 0.717) is 6.61 Å².